The minimum absolute atomic E-state index is 0.0126. The Hall–Kier alpha value is -1.08. The van der Waals surface area contributed by atoms with Crippen molar-refractivity contribution in [2.24, 2.45) is 5.92 Å². The molecule has 1 aliphatic rings. The van der Waals surface area contributed by atoms with Crippen LogP contribution in [0.1, 0.15) is 40.0 Å². The third-order valence-corrected chi connectivity index (χ3v) is 2.97. The Bertz CT molecular complexity index is 282. The van der Waals surface area contributed by atoms with Crippen molar-refractivity contribution in [1.29, 1.82) is 5.26 Å². The second-order valence-electron chi connectivity index (χ2n) is 4.82. The van der Waals surface area contributed by atoms with Crippen molar-refractivity contribution in [3.8, 4) is 6.07 Å². The maximum Gasteiger partial charge on any atom is 0.237 e. The van der Waals surface area contributed by atoms with Gasteiger partial charge in [-0.25, -0.2) is 0 Å². The first-order valence-electron chi connectivity index (χ1n) is 6.00. The van der Waals surface area contributed by atoms with E-state index in [9.17, 15) is 4.79 Å². The van der Waals surface area contributed by atoms with Gasteiger partial charge in [0.1, 0.15) is 0 Å². The zero-order valence-electron chi connectivity index (χ0n) is 10.3. The van der Waals surface area contributed by atoms with Crippen molar-refractivity contribution in [1.82, 2.24) is 10.6 Å². The zero-order valence-corrected chi connectivity index (χ0v) is 10.3. The highest BCUT2D eigenvalue weighted by Gasteiger charge is 2.29. The second kappa shape index (κ2) is 5.86. The third-order valence-electron chi connectivity index (χ3n) is 2.97. The van der Waals surface area contributed by atoms with Gasteiger partial charge in [0.25, 0.3) is 0 Å². The first-order chi connectivity index (χ1) is 7.54. The minimum atomic E-state index is -0.221. The predicted molar refractivity (Wildman–Crippen MR) is 62.6 cm³/mol. The monoisotopic (exact) mass is 223 g/mol. The van der Waals surface area contributed by atoms with Gasteiger partial charge in [-0.05, 0) is 33.6 Å². The molecule has 4 heteroatoms. The van der Waals surface area contributed by atoms with E-state index in [1.807, 2.05) is 20.8 Å². The fourth-order valence-corrected chi connectivity index (χ4v) is 2.12. The van der Waals surface area contributed by atoms with Crippen molar-refractivity contribution in [2.75, 3.05) is 0 Å². The molecule has 4 nitrogen and oxygen atoms in total. The summed E-state index contributed by atoms with van der Waals surface area (Å²) in [6.45, 7) is 5.74. The van der Waals surface area contributed by atoms with E-state index in [4.69, 9.17) is 5.26 Å². The molecule has 0 bridgehead atoms. The number of nitrogens with one attached hydrogen (secondary N) is 2. The Morgan fingerprint density at radius 1 is 1.38 bits per heavy atom. The van der Waals surface area contributed by atoms with E-state index in [1.54, 1.807) is 0 Å². The van der Waals surface area contributed by atoms with Crippen LogP contribution in [-0.4, -0.2) is 24.0 Å². The molecule has 0 saturated heterocycles. The molecule has 16 heavy (non-hydrogen) atoms. The van der Waals surface area contributed by atoms with Crippen LogP contribution < -0.4 is 10.6 Å². The van der Waals surface area contributed by atoms with E-state index in [0.717, 1.165) is 19.3 Å². The lowest BCUT2D eigenvalue weighted by Crippen LogP contribution is -2.49. The van der Waals surface area contributed by atoms with E-state index in [0.29, 0.717) is 0 Å². The van der Waals surface area contributed by atoms with E-state index >= 15 is 0 Å². The number of nitriles is 1. The van der Waals surface area contributed by atoms with Gasteiger partial charge >= 0.3 is 0 Å². The van der Waals surface area contributed by atoms with Crippen LogP contribution >= 0.6 is 0 Å². The molecular weight excluding hydrogens is 202 g/mol. The highest BCUT2D eigenvalue weighted by Crippen LogP contribution is 2.25. The van der Waals surface area contributed by atoms with Crippen molar-refractivity contribution in [2.45, 2.75) is 58.2 Å². The van der Waals surface area contributed by atoms with Crippen LogP contribution in [0.2, 0.25) is 0 Å². The zero-order chi connectivity index (χ0) is 12.1. The van der Waals surface area contributed by atoms with Crippen LogP contribution in [0.4, 0.5) is 0 Å². The fourth-order valence-electron chi connectivity index (χ4n) is 2.12. The Balaban J connectivity index is 2.42. The molecule has 1 amide bonds. The lowest BCUT2D eigenvalue weighted by Gasteiger charge is -2.21. The summed E-state index contributed by atoms with van der Waals surface area (Å²) in [5.41, 5.74) is 0. The van der Waals surface area contributed by atoms with Gasteiger partial charge in [-0.15, -0.1) is 0 Å². The average Bonchev–Trinajstić information content (AvgIpc) is 2.64. The molecule has 90 valence electrons. The van der Waals surface area contributed by atoms with E-state index in [2.05, 4.69) is 16.7 Å². The van der Waals surface area contributed by atoms with Crippen molar-refractivity contribution >= 4 is 5.91 Å². The maximum atomic E-state index is 11.7. The van der Waals surface area contributed by atoms with Gasteiger partial charge in [-0.3, -0.25) is 4.79 Å². The SMILES string of the molecule is CC(C)NC(=O)C(C)NC1CCCC1C#N. The van der Waals surface area contributed by atoms with Crippen LogP contribution in [-0.2, 0) is 4.79 Å². The highest BCUT2D eigenvalue weighted by molar-refractivity contribution is 5.81. The summed E-state index contributed by atoms with van der Waals surface area (Å²) in [6, 6.07) is 2.42. The number of carbonyl (C=O) groups excluding carboxylic acids is 1. The smallest absolute Gasteiger partial charge is 0.237 e. The summed E-state index contributed by atoms with van der Waals surface area (Å²) in [6.07, 6.45) is 3.03. The summed E-state index contributed by atoms with van der Waals surface area (Å²) in [7, 11) is 0. The predicted octanol–water partition coefficient (Wildman–Crippen LogP) is 1.18. The molecule has 0 aromatic carbocycles. The topological polar surface area (TPSA) is 64.9 Å². The van der Waals surface area contributed by atoms with E-state index < -0.39 is 0 Å². The number of hydrogen-bond donors (Lipinski definition) is 2. The number of rotatable bonds is 4. The van der Waals surface area contributed by atoms with Crippen molar-refractivity contribution in [3.63, 3.8) is 0 Å². The summed E-state index contributed by atoms with van der Waals surface area (Å²) < 4.78 is 0. The van der Waals surface area contributed by atoms with Crippen LogP contribution in [0.3, 0.4) is 0 Å². The molecule has 2 N–H and O–H groups in total. The Kier molecular flexibility index (Phi) is 4.75. The number of carbonyl (C=O) groups is 1. The first-order valence-corrected chi connectivity index (χ1v) is 6.00. The van der Waals surface area contributed by atoms with E-state index in [1.165, 1.54) is 0 Å². The summed E-state index contributed by atoms with van der Waals surface area (Å²) >= 11 is 0. The quantitative estimate of drug-likeness (QED) is 0.752. The molecule has 0 aromatic heterocycles. The van der Waals surface area contributed by atoms with Crippen LogP contribution in [0.25, 0.3) is 0 Å². The number of hydrogen-bond acceptors (Lipinski definition) is 3. The molecule has 0 spiro atoms. The molecule has 0 heterocycles. The molecule has 1 saturated carbocycles. The molecule has 1 fully saturated rings. The van der Waals surface area contributed by atoms with Gasteiger partial charge in [0.15, 0.2) is 0 Å². The summed E-state index contributed by atoms with van der Waals surface area (Å²) in [5.74, 6) is 0.0767. The Labute approximate surface area is 97.4 Å². The van der Waals surface area contributed by atoms with E-state index in [-0.39, 0.29) is 30.0 Å². The van der Waals surface area contributed by atoms with Gasteiger partial charge in [-0.1, -0.05) is 6.42 Å². The summed E-state index contributed by atoms with van der Waals surface area (Å²) in [5, 5.41) is 15.1. The molecular formula is C12H21N3O. The van der Waals surface area contributed by atoms with Crippen molar-refractivity contribution < 1.29 is 4.79 Å². The lowest BCUT2D eigenvalue weighted by atomic mass is 10.0. The summed E-state index contributed by atoms with van der Waals surface area (Å²) in [4.78, 5) is 11.7. The fraction of sp³-hybridized carbons (Fsp3) is 0.833. The molecule has 1 aliphatic carbocycles. The maximum absolute atomic E-state index is 11.7. The average molecular weight is 223 g/mol. The van der Waals surface area contributed by atoms with Gasteiger partial charge in [0.05, 0.1) is 18.0 Å². The lowest BCUT2D eigenvalue weighted by molar-refractivity contribution is -0.123. The van der Waals surface area contributed by atoms with Gasteiger partial charge in [0.2, 0.25) is 5.91 Å². The number of nitrogens with zero attached hydrogens (tertiary/aromatic N) is 1. The first kappa shape index (κ1) is 13.0. The standard InChI is InChI=1S/C12H21N3O/c1-8(2)14-12(16)9(3)15-11-6-4-5-10(11)7-13/h8-11,15H,4-6H2,1-3H3,(H,14,16). The molecule has 0 aromatic rings. The third kappa shape index (κ3) is 3.49. The van der Waals surface area contributed by atoms with Gasteiger partial charge in [0, 0.05) is 12.1 Å². The molecule has 0 aliphatic heterocycles. The van der Waals surface area contributed by atoms with Gasteiger partial charge < -0.3 is 10.6 Å². The highest BCUT2D eigenvalue weighted by atomic mass is 16.2. The van der Waals surface area contributed by atoms with Crippen molar-refractivity contribution in [3.05, 3.63) is 0 Å². The minimum Gasteiger partial charge on any atom is -0.353 e. The largest absolute Gasteiger partial charge is 0.353 e. The molecule has 0 radical (unpaired) electrons. The normalized spacial score (nSPS) is 26.4. The second-order valence-corrected chi connectivity index (χ2v) is 4.82. The molecule has 3 unspecified atom stereocenters. The van der Waals surface area contributed by atoms with Crippen LogP contribution in [0.5, 0.6) is 0 Å². The Morgan fingerprint density at radius 3 is 2.62 bits per heavy atom. The number of amides is 1. The van der Waals surface area contributed by atoms with Gasteiger partial charge in [-0.2, -0.15) is 5.26 Å². The molecule has 3 atom stereocenters. The Morgan fingerprint density at radius 2 is 2.06 bits per heavy atom. The molecule has 1 rings (SSSR count). The van der Waals surface area contributed by atoms with Crippen LogP contribution in [0, 0.1) is 17.2 Å². The van der Waals surface area contributed by atoms with Crippen LogP contribution in [0.15, 0.2) is 0 Å².